The number of carbonyl (C=O) groups is 1. The summed E-state index contributed by atoms with van der Waals surface area (Å²) in [4.78, 5) is 11.9. The van der Waals surface area contributed by atoms with Gasteiger partial charge in [-0.15, -0.1) is 0 Å². The van der Waals surface area contributed by atoms with Gasteiger partial charge in [-0.2, -0.15) is 0 Å². The molecule has 0 aliphatic heterocycles. The second kappa shape index (κ2) is 9.62. The number of hydrogen-bond acceptors (Lipinski definition) is 4. The van der Waals surface area contributed by atoms with Crippen LogP contribution in [-0.2, 0) is 21.1 Å². The quantitative estimate of drug-likeness (QED) is 0.690. The Morgan fingerprint density at radius 2 is 1.67 bits per heavy atom. The lowest BCUT2D eigenvalue weighted by Gasteiger charge is -2.11. The zero-order valence-corrected chi connectivity index (χ0v) is 17.1. The van der Waals surface area contributed by atoms with E-state index in [1.165, 1.54) is 0 Å². The summed E-state index contributed by atoms with van der Waals surface area (Å²) in [6.45, 7) is 3.55. The van der Waals surface area contributed by atoms with Crippen LogP contribution in [0.15, 0.2) is 59.5 Å². The molecule has 0 heterocycles. The first-order valence-electron chi connectivity index (χ1n) is 8.76. The summed E-state index contributed by atoms with van der Waals surface area (Å²) in [5.74, 6) is -0.254. The third-order valence-electron chi connectivity index (χ3n) is 3.95. The van der Waals surface area contributed by atoms with Crippen molar-refractivity contribution in [3.8, 4) is 0 Å². The number of aryl methyl sites for hydroxylation is 1. The van der Waals surface area contributed by atoms with Crippen molar-refractivity contribution in [3.05, 3.63) is 60.2 Å². The zero-order chi connectivity index (χ0) is 19.9. The summed E-state index contributed by atoms with van der Waals surface area (Å²) in [5, 5.41) is 5.64. The number of sulfone groups is 1. The highest BCUT2D eigenvalue weighted by molar-refractivity contribution is 7.91. The van der Waals surface area contributed by atoms with Crippen LogP contribution in [0.3, 0.4) is 0 Å². The van der Waals surface area contributed by atoms with Gasteiger partial charge in [0.2, 0.25) is 5.91 Å². The molecule has 0 unspecified atom stereocenters. The highest BCUT2D eigenvalue weighted by Gasteiger charge is 2.14. The van der Waals surface area contributed by atoms with Gasteiger partial charge in [-0.1, -0.05) is 44.2 Å². The Hall–Kier alpha value is -2.25. The summed E-state index contributed by atoms with van der Waals surface area (Å²) >= 11 is 5.08. The van der Waals surface area contributed by atoms with Gasteiger partial charge < -0.3 is 10.6 Å². The van der Waals surface area contributed by atoms with Crippen molar-refractivity contribution in [3.63, 3.8) is 0 Å². The van der Waals surface area contributed by atoms with E-state index in [1.54, 1.807) is 38.1 Å². The average molecular weight is 405 g/mol. The van der Waals surface area contributed by atoms with E-state index in [2.05, 4.69) is 10.6 Å². The second-order valence-corrected chi connectivity index (χ2v) is 9.05. The Bertz CT molecular complexity index is 877. The molecule has 2 N–H and O–H groups in total. The third-order valence-corrected chi connectivity index (χ3v) is 5.97. The molecular weight excluding hydrogens is 380 g/mol. The van der Waals surface area contributed by atoms with E-state index in [0.717, 1.165) is 12.0 Å². The highest BCUT2D eigenvalue weighted by Crippen LogP contribution is 2.17. The molecule has 0 saturated carbocycles. The summed E-state index contributed by atoms with van der Waals surface area (Å²) in [6, 6.07) is 16.2. The first-order chi connectivity index (χ1) is 12.8. The Morgan fingerprint density at radius 3 is 2.26 bits per heavy atom. The van der Waals surface area contributed by atoms with E-state index in [1.807, 2.05) is 30.3 Å². The standard InChI is InChI=1S/C20H24N2O3S2/c1-15(2)19(23)22-20(26)21-17-10-12-18(13-11-17)27(24,25)14-6-9-16-7-4-3-5-8-16/h3-5,7-8,10-13,15H,6,9,14H2,1-2H3,(H2,21,22,23,26). The number of benzene rings is 2. The minimum absolute atomic E-state index is 0.0948. The van der Waals surface area contributed by atoms with E-state index in [4.69, 9.17) is 12.2 Å². The van der Waals surface area contributed by atoms with Crippen LogP contribution in [0.2, 0.25) is 0 Å². The van der Waals surface area contributed by atoms with Crippen LogP contribution in [0, 0.1) is 5.92 Å². The van der Waals surface area contributed by atoms with Gasteiger partial charge in [-0.25, -0.2) is 8.42 Å². The van der Waals surface area contributed by atoms with Crippen LogP contribution in [0.25, 0.3) is 0 Å². The first-order valence-corrected chi connectivity index (χ1v) is 10.8. The maximum absolute atomic E-state index is 12.5. The van der Waals surface area contributed by atoms with Crippen molar-refractivity contribution in [1.29, 1.82) is 0 Å². The molecule has 2 rings (SSSR count). The fourth-order valence-corrected chi connectivity index (χ4v) is 3.92. The Morgan fingerprint density at radius 1 is 1.04 bits per heavy atom. The topological polar surface area (TPSA) is 75.3 Å². The highest BCUT2D eigenvalue weighted by atomic mass is 32.2. The van der Waals surface area contributed by atoms with Gasteiger partial charge in [0, 0.05) is 11.6 Å². The van der Waals surface area contributed by atoms with Crippen LogP contribution in [0.1, 0.15) is 25.8 Å². The number of carbonyl (C=O) groups excluding carboxylic acids is 1. The van der Waals surface area contributed by atoms with Gasteiger partial charge in [-0.3, -0.25) is 4.79 Å². The molecule has 1 amide bonds. The largest absolute Gasteiger partial charge is 0.332 e. The fourth-order valence-electron chi connectivity index (χ4n) is 2.39. The summed E-state index contributed by atoms with van der Waals surface area (Å²) in [5.41, 5.74) is 1.75. The van der Waals surface area contributed by atoms with Crippen LogP contribution in [-0.4, -0.2) is 25.2 Å². The molecular formula is C20H24N2O3S2. The molecule has 0 spiro atoms. The third kappa shape index (κ3) is 6.77. The van der Waals surface area contributed by atoms with Crippen molar-refractivity contribution in [2.75, 3.05) is 11.1 Å². The predicted octanol–water partition coefficient (Wildman–Crippen LogP) is 3.56. The molecule has 27 heavy (non-hydrogen) atoms. The molecule has 0 atom stereocenters. The van der Waals surface area contributed by atoms with Gasteiger partial charge in [0.1, 0.15) is 0 Å². The van der Waals surface area contributed by atoms with E-state index in [-0.39, 0.29) is 27.6 Å². The average Bonchev–Trinajstić information content (AvgIpc) is 2.62. The first kappa shape index (κ1) is 21.1. The minimum atomic E-state index is -3.34. The second-order valence-electron chi connectivity index (χ2n) is 6.53. The fraction of sp³-hybridized carbons (Fsp3) is 0.300. The lowest BCUT2D eigenvalue weighted by molar-refractivity contribution is -0.122. The molecule has 144 valence electrons. The zero-order valence-electron chi connectivity index (χ0n) is 15.4. The molecule has 0 aliphatic rings. The smallest absolute Gasteiger partial charge is 0.228 e. The van der Waals surface area contributed by atoms with Crippen molar-refractivity contribution in [2.45, 2.75) is 31.6 Å². The van der Waals surface area contributed by atoms with Gasteiger partial charge in [0.05, 0.1) is 10.6 Å². The van der Waals surface area contributed by atoms with Gasteiger partial charge >= 0.3 is 0 Å². The number of amides is 1. The summed E-state index contributed by atoms with van der Waals surface area (Å²) < 4.78 is 24.9. The summed E-state index contributed by atoms with van der Waals surface area (Å²) in [6.07, 6.45) is 1.29. The van der Waals surface area contributed by atoms with Crippen LogP contribution < -0.4 is 10.6 Å². The van der Waals surface area contributed by atoms with Crippen molar-refractivity contribution in [1.82, 2.24) is 5.32 Å². The monoisotopic (exact) mass is 404 g/mol. The summed E-state index contributed by atoms with van der Waals surface area (Å²) in [7, 11) is -3.34. The number of rotatable bonds is 7. The maximum atomic E-state index is 12.5. The molecule has 0 saturated heterocycles. The number of thiocarbonyl (C=S) groups is 1. The Labute approximate surface area is 166 Å². The van der Waals surface area contributed by atoms with Crippen molar-refractivity contribution < 1.29 is 13.2 Å². The molecule has 0 fully saturated rings. The SMILES string of the molecule is CC(C)C(=O)NC(=S)Nc1ccc(S(=O)(=O)CCCc2ccccc2)cc1. The van der Waals surface area contributed by atoms with Crippen LogP contribution >= 0.6 is 12.2 Å². The Kier molecular flexibility index (Phi) is 7.50. The molecule has 0 radical (unpaired) electrons. The Balaban J connectivity index is 1.91. The predicted molar refractivity (Wildman–Crippen MR) is 112 cm³/mol. The van der Waals surface area contributed by atoms with Gasteiger partial charge in [0.15, 0.2) is 14.9 Å². The van der Waals surface area contributed by atoms with E-state index in [9.17, 15) is 13.2 Å². The molecule has 0 aromatic heterocycles. The molecule has 7 heteroatoms. The van der Waals surface area contributed by atoms with E-state index in [0.29, 0.717) is 12.1 Å². The molecule has 2 aromatic rings. The molecule has 0 aliphatic carbocycles. The minimum Gasteiger partial charge on any atom is -0.332 e. The number of nitrogens with one attached hydrogen (secondary N) is 2. The lowest BCUT2D eigenvalue weighted by atomic mass is 10.1. The number of hydrogen-bond donors (Lipinski definition) is 2. The maximum Gasteiger partial charge on any atom is 0.228 e. The van der Waals surface area contributed by atoms with Crippen LogP contribution in [0.5, 0.6) is 0 Å². The van der Waals surface area contributed by atoms with Crippen molar-refractivity contribution in [2.24, 2.45) is 5.92 Å². The normalized spacial score (nSPS) is 11.2. The van der Waals surface area contributed by atoms with Gasteiger partial charge in [-0.05, 0) is 54.9 Å². The lowest BCUT2D eigenvalue weighted by Crippen LogP contribution is -2.36. The van der Waals surface area contributed by atoms with Gasteiger partial charge in [0.25, 0.3) is 0 Å². The van der Waals surface area contributed by atoms with Crippen LogP contribution in [0.4, 0.5) is 5.69 Å². The van der Waals surface area contributed by atoms with E-state index < -0.39 is 9.84 Å². The molecule has 2 aromatic carbocycles. The van der Waals surface area contributed by atoms with Crippen molar-refractivity contribution >= 4 is 38.8 Å². The molecule has 0 bridgehead atoms. The molecule has 5 nitrogen and oxygen atoms in total. The van der Waals surface area contributed by atoms with E-state index >= 15 is 0 Å². The number of anilines is 1.